The minimum Gasteiger partial charge on any atom is -0.316 e. The van der Waals surface area contributed by atoms with E-state index in [4.69, 9.17) is 0 Å². The Hall–Kier alpha value is -0.760. The maximum absolute atomic E-state index is 13.0. The molecule has 1 aromatic rings. The van der Waals surface area contributed by atoms with Crippen LogP contribution in [0.3, 0.4) is 0 Å². The predicted octanol–water partition coefficient (Wildman–Crippen LogP) is 1.66. The normalized spacial score (nSPS) is 18.8. The fraction of sp³-hybridized carbons (Fsp3) is 0.500. The summed E-state index contributed by atoms with van der Waals surface area (Å²) in [5.74, 6) is -1.35. The second-order valence-electron chi connectivity index (χ2n) is 4.65. The monoisotopic (exact) mass is 326 g/mol. The molecule has 4 nitrogen and oxygen atoms in total. The zero-order valence-electron chi connectivity index (χ0n) is 10.7. The Bertz CT molecular complexity index is 528. The molecule has 2 N–H and O–H groups in total. The fourth-order valence-corrected chi connectivity index (χ4v) is 3.21. The van der Waals surface area contributed by atoms with Gasteiger partial charge in [0.05, 0.1) is 4.90 Å². The van der Waals surface area contributed by atoms with Crippen molar-refractivity contribution in [3.8, 4) is 0 Å². The molecule has 20 heavy (non-hydrogen) atoms. The summed E-state index contributed by atoms with van der Waals surface area (Å²) in [7, 11) is -3.85. The highest BCUT2D eigenvalue weighted by Gasteiger charge is 2.18. The molecule has 0 aromatic heterocycles. The highest BCUT2D eigenvalue weighted by molar-refractivity contribution is 7.89. The number of hydrogen-bond donors (Lipinski definition) is 2. The van der Waals surface area contributed by atoms with E-state index in [1.807, 2.05) is 0 Å². The molecule has 1 fully saturated rings. The number of nitrogens with one attached hydrogen (secondary N) is 2. The van der Waals surface area contributed by atoms with E-state index in [2.05, 4.69) is 10.0 Å². The van der Waals surface area contributed by atoms with E-state index >= 15 is 0 Å². The van der Waals surface area contributed by atoms with Crippen molar-refractivity contribution in [2.24, 2.45) is 5.92 Å². The molecular weight excluding hydrogens is 310 g/mol. The lowest BCUT2D eigenvalue weighted by molar-refractivity contribution is 0.518. The third-order valence-corrected chi connectivity index (χ3v) is 4.59. The van der Waals surface area contributed by atoms with Crippen LogP contribution in [0.1, 0.15) is 12.8 Å². The van der Waals surface area contributed by atoms with Gasteiger partial charge < -0.3 is 5.32 Å². The number of sulfonamides is 1. The van der Waals surface area contributed by atoms with Crippen LogP contribution in [0.15, 0.2) is 23.1 Å². The number of hydrogen-bond acceptors (Lipinski definition) is 3. The summed E-state index contributed by atoms with van der Waals surface area (Å²) in [6, 6.07) is 2.26. The first-order valence-corrected chi connectivity index (χ1v) is 7.62. The molecule has 0 amide bonds. The summed E-state index contributed by atoms with van der Waals surface area (Å²) in [6.07, 6.45) is 1.74. The van der Waals surface area contributed by atoms with Crippen LogP contribution in [0.5, 0.6) is 0 Å². The Morgan fingerprint density at radius 3 is 2.45 bits per heavy atom. The largest absolute Gasteiger partial charge is 0.316 e. The van der Waals surface area contributed by atoms with Crippen molar-refractivity contribution in [1.82, 2.24) is 10.0 Å². The van der Waals surface area contributed by atoms with Crippen LogP contribution in [-0.4, -0.2) is 28.1 Å². The molecule has 0 radical (unpaired) electrons. The van der Waals surface area contributed by atoms with Gasteiger partial charge in [0.15, 0.2) is 0 Å². The van der Waals surface area contributed by atoms with Gasteiger partial charge in [0.1, 0.15) is 11.6 Å². The van der Waals surface area contributed by atoms with Gasteiger partial charge in [-0.3, -0.25) is 0 Å². The fourth-order valence-electron chi connectivity index (χ4n) is 2.13. The quantitative estimate of drug-likeness (QED) is 0.865. The molecule has 0 aliphatic carbocycles. The SMILES string of the molecule is Cl.O=S(=O)(NCCC1CCNC1)c1cc(F)cc(F)c1. The first-order chi connectivity index (χ1) is 8.97. The van der Waals surface area contributed by atoms with Crippen LogP contribution in [-0.2, 0) is 10.0 Å². The molecule has 1 aromatic carbocycles. The molecule has 0 spiro atoms. The topological polar surface area (TPSA) is 58.2 Å². The maximum Gasteiger partial charge on any atom is 0.240 e. The van der Waals surface area contributed by atoms with Crippen LogP contribution in [0.4, 0.5) is 8.78 Å². The summed E-state index contributed by atoms with van der Waals surface area (Å²) >= 11 is 0. The van der Waals surface area contributed by atoms with Crippen molar-refractivity contribution in [1.29, 1.82) is 0 Å². The van der Waals surface area contributed by atoms with Crippen molar-refractivity contribution in [3.05, 3.63) is 29.8 Å². The lowest BCUT2D eigenvalue weighted by Crippen LogP contribution is -2.26. The Kier molecular flexibility index (Phi) is 6.32. The third-order valence-electron chi connectivity index (χ3n) is 3.15. The average molecular weight is 327 g/mol. The van der Waals surface area contributed by atoms with E-state index in [1.165, 1.54) is 0 Å². The van der Waals surface area contributed by atoms with Crippen LogP contribution in [0.25, 0.3) is 0 Å². The molecule has 114 valence electrons. The van der Waals surface area contributed by atoms with E-state index in [0.29, 0.717) is 18.4 Å². The predicted molar refractivity (Wildman–Crippen MR) is 74.4 cm³/mol. The highest BCUT2D eigenvalue weighted by atomic mass is 35.5. The van der Waals surface area contributed by atoms with Gasteiger partial charge in [-0.1, -0.05) is 0 Å². The maximum atomic E-state index is 13.0. The van der Waals surface area contributed by atoms with Crippen LogP contribution >= 0.6 is 12.4 Å². The van der Waals surface area contributed by atoms with Gasteiger partial charge in [0, 0.05) is 12.6 Å². The lowest BCUT2D eigenvalue weighted by Gasteiger charge is -2.10. The van der Waals surface area contributed by atoms with E-state index in [9.17, 15) is 17.2 Å². The molecule has 1 atom stereocenters. The zero-order chi connectivity index (χ0) is 13.9. The van der Waals surface area contributed by atoms with Crippen LogP contribution in [0.2, 0.25) is 0 Å². The first-order valence-electron chi connectivity index (χ1n) is 6.14. The summed E-state index contributed by atoms with van der Waals surface area (Å²) in [5, 5.41) is 3.19. The van der Waals surface area contributed by atoms with Crippen molar-refractivity contribution in [3.63, 3.8) is 0 Å². The van der Waals surface area contributed by atoms with Gasteiger partial charge in [-0.15, -0.1) is 12.4 Å². The van der Waals surface area contributed by atoms with Crippen LogP contribution in [0, 0.1) is 17.6 Å². The smallest absolute Gasteiger partial charge is 0.240 e. The van der Waals surface area contributed by atoms with E-state index in [0.717, 1.165) is 31.6 Å². The van der Waals surface area contributed by atoms with Crippen molar-refractivity contribution >= 4 is 22.4 Å². The van der Waals surface area contributed by atoms with E-state index in [-0.39, 0.29) is 23.8 Å². The van der Waals surface area contributed by atoms with Gasteiger partial charge >= 0.3 is 0 Å². The summed E-state index contributed by atoms with van der Waals surface area (Å²) in [4.78, 5) is -0.380. The summed E-state index contributed by atoms with van der Waals surface area (Å²) < 4.78 is 52.0. The van der Waals surface area contributed by atoms with Crippen molar-refractivity contribution in [2.75, 3.05) is 19.6 Å². The zero-order valence-corrected chi connectivity index (χ0v) is 12.4. The Balaban J connectivity index is 0.00000200. The van der Waals surface area contributed by atoms with Crippen molar-refractivity contribution in [2.45, 2.75) is 17.7 Å². The molecule has 0 saturated carbocycles. The molecule has 0 bridgehead atoms. The van der Waals surface area contributed by atoms with E-state index < -0.39 is 21.7 Å². The van der Waals surface area contributed by atoms with Gasteiger partial charge in [0.25, 0.3) is 0 Å². The standard InChI is InChI=1S/C12H16F2N2O2S.ClH/c13-10-5-11(14)7-12(6-10)19(17,18)16-4-2-9-1-3-15-8-9;/h5-7,9,15-16H,1-4,8H2;1H. The second-order valence-corrected chi connectivity index (χ2v) is 6.42. The summed E-state index contributed by atoms with van der Waals surface area (Å²) in [5.41, 5.74) is 0. The molecule has 1 heterocycles. The van der Waals surface area contributed by atoms with Gasteiger partial charge in [-0.05, 0) is 44.0 Å². The number of halogens is 3. The average Bonchev–Trinajstić information content (AvgIpc) is 2.80. The Labute approximate surface area is 123 Å². The highest BCUT2D eigenvalue weighted by Crippen LogP contribution is 2.15. The molecule has 2 rings (SSSR count). The molecule has 1 unspecified atom stereocenters. The lowest BCUT2D eigenvalue weighted by atomic mass is 10.1. The number of benzene rings is 1. The van der Waals surface area contributed by atoms with Gasteiger partial charge in [-0.2, -0.15) is 0 Å². The van der Waals surface area contributed by atoms with Gasteiger partial charge in [0.2, 0.25) is 10.0 Å². The minimum absolute atomic E-state index is 0. The van der Waals surface area contributed by atoms with Crippen molar-refractivity contribution < 1.29 is 17.2 Å². The molecule has 1 aliphatic rings. The summed E-state index contributed by atoms with van der Waals surface area (Å²) in [6.45, 7) is 2.11. The first kappa shape index (κ1) is 17.3. The molecule has 1 saturated heterocycles. The molecular formula is C12H17ClF2N2O2S. The Morgan fingerprint density at radius 2 is 1.90 bits per heavy atom. The molecule has 8 heteroatoms. The Morgan fingerprint density at radius 1 is 1.25 bits per heavy atom. The minimum atomic E-state index is -3.85. The number of rotatable bonds is 5. The van der Waals surface area contributed by atoms with Gasteiger partial charge in [-0.25, -0.2) is 21.9 Å². The third kappa shape index (κ3) is 4.66. The second kappa shape index (κ2) is 7.31. The van der Waals surface area contributed by atoms with E-state index in [1.54, 1.807) is 0 Å². The van der Waals surface area contributed by atoms with Crippen LogP contribution < -0.4 is 10.0 Å². The molecule has 1 aliphatic heterocycles.